The van der Waals surface area contributed by atoms with E-state index in [1.54, 1.807) is 25.0 Å². The van der Waals surface area contributed by atoms with Crippen LogP contribution < -0.4 is 10.5 Å². The van der Waals surface area contributed by atoms with Gasteiger partial charge in [-0.3, -0.25) is 4.79 Å². The third-order valence-electron chi connectivity index (χ3n) is 6.81. The largest absolute Gasteiger partial charge is 0.494 e. The first-order valence-electron chi connectivity index (χ1n) is 12.3. The van der Waals surface area contributed by atoms with Crippen LogP contribution in [0.25, 0.3) is 22.4 Å². The fourth-order valence-corrected chi connectivity index (χ4v) is 4.91. The van der Waals surface area contributed by atoms with Gasteiger partial charge in [-0.25, -0.2) is 9.97 Å². The lowest BCUT2D eigenvalue weighted by Gasteiger charge is -2.36. The third-order valence-corrected chi connectivity index (χ3v) is 6.81. The van der Waals surface area contributed by atoms with Crippen LogP contribution in [-0.2, 0) is 23.9 Å². The fraction of sp³-hybridized carbons (Fsp3) is 0.321. The number of pyridine rings is 1. The highest BCUT2D eigenvalue weighted by Gasteiger charge is 2.36. The minimum atomic E-state index is -4.63. The summed E-state index contributed by atoms with van der Waals surface area (Å²) in [7, 11) is 2.93. The summed E-state index contributed by atoms with van der Waals surface area (Å²) in [4.78, 5) is 23.9. The number of fused-ring (bicyclic) bond motifs is 2. The highest BCUT2D eigenvalue weighted by molar-refractivity contribution is 5.98. The van der Waals surface area contributed by atoms with Crippen molar-refractivity contribution in [1.29, 1.82) is 0 Å². The molecule has 0 saturated carbocycles. The van der Waals surface area contributed by atoms with Crippen LogP contribution in [0.3, 0.4) is 0 Å². The molecule has 1 aliphatic heterocycles. The lowest BCUT2D eigenvalue weighted by Crippen LogP contribution is -2.47. The summed E-state index contributed by atoms with van der Waals surface area (Å²) in [5.41, 5.74) is 7.69. The number of nitrogens with two attached hydrogens (primary N) is 1. The van der Waals surface area contributed by atoms with Crippen LogP contribution in [0.15, 0.2) is 52.9 Å². The lowest BCUT2D eigenvalue weighted by atomic mass is 9.94. The summed E-state index contributed by atoms with van der Waals surface area (Å²) in [5.74, 6) is 0.00286. The molecule has 0 aliphatic carbocycles. The van der Waals surface area contributed by atoms with Gasteiger partial charge in [0.25, 0.3) is 5.91 Å². The number of benzene rings is 2. The summed E-state index contributed by atoms with van der Waals surface area (Å²) in [6, 6.07) is 12.2. The molecule has 0 radical (unpaired) electrons. The van der Waals surface area contributed by atoms with Crippen molar-refractivity contribution in [3.05, 3.63) is 76.8 Å². The number of amides is 1. The molecular weight excluding hydrogens is 513 g/mol. The molecule has 204 valence electrons. The molecule has 39 heavy (non-hydrogen) atoms. The number of hydrogen-bond acceptors (Lipinski definition) is 7. The van der Waals surface area contributed by atoms with Crippen molar-refractivity contribution in [3.8, 4) is 17.2 Å². The van der Waals surface area contributed by atoms with Crippen LogP contribution in [0.5, 0.6) is 5.75 Å². The third kappa shape index (κ3) is 4.95. The Morgan fingerprint density at radius 2 is 1.87 bits per heavy atom. The molecule has 0 bridgehead atoms. The second-order valence-corrected chi connectivity index (χ2v) is 9.44. The quantitative estimate of drug-likeness (QED) is 0.361. The molecular formula is C28H27F3N4O4. The van der Waals surface area contributed by atoms with Gasteiger partial charge in [-0.15, -0.1) is 0 Å². The van der Waals surface area contributed by atoms with Gasteiger partial charge in [0.05, 0.1) is 25.8 Å². The average molecular weight is 541 g/mol. The van der Waals surface area contributed by atoms with Crippen molar-refractivity contribution in [2.45, 2.75) is 38.1 Å². The molecule has 2 N–H and O–H groups in total. The number of aromatic nitrogens is 2. The Kier molecular flexibility index (Phi) is 7.04. The van der Waals surface area contributed by atoms with Gasteiger partial charge < -0.3 is 24.5 Å². The van der Waals surface area contributed by atoms with Gasteiger partial charge in [0.15, 0.2) is 11.5 Å². The molecule has 1 amide bonds. The van der Waals surface area contributed by atoms with Gasteiger partial charge in [0.2, 0.25) is 5.89 Å². The first kappa shape index (κ1) is 26.6. The average Bonchev–Trinajstić information content (AvgIpc) is 3.37. The number of halogens is 3. The summed E-state index contributed by atoms with van der Waals surface area (Å²) in [6.07, 6.45) is -4.02. The van der Waals surface area contributed by atoms with E-state index < -0.39 is 17.9 Å². The van der Waals surface area contributed by atoms with Gasteiger partial charge in [0, 0.05) is 24.6 Å². The zero-order chi connectivity index (χ0) is 27.9. The molecule has 8 nitrogen and oxygen atoms in total. The number of nitrogens with zero attached hydrogens (tertiary/aromatic N) is 3. The van der Waals surface area contributed by atoms with Crippen molar-refractivity contribution in [2.24, 2.45) is 5.73 Å². The van der Waals surface area contributed by atoms with E-state index in [0.29, 0.717) is 30.5 Å². The number of methoxy groups -OCH3 is 2. The summed E-state index contributed by atoms with van der Waals surface area (Å²) in [6.45, 7) is 2.36. The Hall–Kier alpha value is -3.96. The van der Waals surface area contributed by atoms with Gasteiger partial charge in [0.1, 0.15) is 17.0 Å². The van der Waals surface area contributed by atoms with E-state index in [1.165, 1.54) is 19.2 Å². The second-order valence-electron chi connectivity index (χ2n) is 9.44. The van der Waals surface area contributed by atoms with Crippen LogP contribution in [0.4, 0.5) is 13.2 Å². The molecule has 0 saturated heterocycles. The molecule has 2 aromatic carbocycles. The van der Waals surface area contributed by atoms with E-state index in [4.69, 9.17) is 19.6 Å². The SMILES string of the molecule is COC[C@H]1Cc2ccccc2CN1C(=O)c1nc(-c2ccc(OC)c3nc(C(F)(F)F)ccc23)oc1[C@H](C)N. The standard InChI is InChI=1S/C28H27F3N4O4/c1-15(32)25-24(27(36)35-13-17-7-5-4-6-16(17)12-18(35)14-37-2)34-26(39-25)20-8-10-21(38-3)23-19(20)9-11-22(33-23)28(29,30)31/h4-11,15,18H,12-14,32H2,1-3H3/t15-,18+/m0/s1. The van der Waals surface area contributed by atoms with Crippen molar-refractivity contribution in [1.82, 2.24) is 14.9 Å². The Morgan fingerprint density at radius 3 is 2.54 bits per heavy atom. The summed E-state index contributed by atoms with van der Waals surface area (Å²) < 4.78 is 56.8. The van der Waals surface area contributed by atoms with Crippen LogP contribution in [0.2, 0.25) is 0 Å². The maximum atomic E-state index is 13.9. The number of carbonyl (C=O) groups excluding carboxylic acids is 1. The molecule has 2 aromatic heterocycles. The van der Waals surface area contributed by atoms with E-state index in [9.17, 15) is 18.0 Å². The van der Waals surface area contributed by atoms with E-state index >= 15 is 0 Å². The minimum absolute atomic E-state index is 0.00829. The molecule has 1 aliphatic rings. The number of carbonyl (C=O) groups is 1. The Morgan fingerprint density at radius 1 is 1.13 bits per heavy atom. The summed E-state index contributed by atoms with van der Waals surface area (Å²) in [5, 5.41) is 0.322. The van der Waals surface area contributed by atoms with Crippen LogP contribution in [0.1, 0.15) is 46.0 Å². The number of alkyl halides is 3. The lowest BCUT2D eigenvalue weighted by molar-refractivity contribution is -0.140. The highest BCUT2D eigenvalue weighted by Crippen LogP contribution is 2.38. The summed E-state index contributed by atoms with van der Waals surface area (Å²) >= 11 is 0. The molecule has 0 spiro atoms. The Labute approximate surface area is 222 Å². The van der Waals surface area contributed by atoms with Crippen LogP contribution in [0, 0.1) is 0 Å². The van der Waals surface area contributed by atoms with Gasteiger partial charge in [-0.05, 0) is 48.7 Å². The van der Waals surface area contributed by atoms with Gasteiger partial charge in [-0.1, -0.05) is 24.3 Å². The Bertz CT molecular complexity index is 1530. The maximum Gasteiger partial charge on any atom is 0.433 e. The fourth-order valence-electron chi connectivity index (χ4n) is 4.91. The first-order valence-corrected chi connectivity index (χ1v) is 12.3. The molecule has 11 heteroatoms. The predicted molar refractivity (Wildman–Crippen MR) is 137 cm³/mol. The molecule has 5 rings (SSSR count). The monoisotopic (exact) mass is 540 g/mol. The number of oxazole rings is 1. The van der Waals surface area contributed by atoms with Crippen LogP contribution in [-0.4, -0.2) is 47.6 Å². The van der Waals surface area contributed by atoms with Crippen molar-refractivity contribution < 1.29 is 31.9 Å². The zero-order valence-corrected chi connectivity index (χ0v) is 21.6. The normalized spacial score (nSPS) is 16.3. The van der Waals surface area contributed by atoms with Crippen molar-refractivity contribution in [3.63, 3.8) is 0 Å². The minimum Gasteiger partial charge on any atom is -0.494 e. The van der Waals surface area contributed by atoms with Crippen LogP contribution >= 0.6 is 0 Å². The van der Waals surface area contributed by atoms with Crippen molar-refractivity contribution >= 4 is 16.8 Å². The molecule has 0 unspecified atom stereocenters. The van der Waals surface area contributed by atoms with E-state index in [-0.39, 0.29) is 40.6 Å². The number of ether oxygens (including phenoxy) is 2. The van der Waals surface area contributed by atoms with Gasteiger partial charge >= 0.3 is 6.18 Å². The molecule has 0 fully saturated rings. The highest BCUT2D eigenvalue weighted by atomic mass is 19.4. The van der Waals surface area contributed by atoms with E-state index in [1.807, 2.05) is 24.3 Å². The topological polar surface area (TPSA) is 104 Å². The number of rotatable bonds is 6. The number of hydrogen-bond donors (Lipinski definition) is 1. The second kappa shape index (κ2) is 10.3. The van der Waals surface area contributed by atoms with Gasteiger partial charge in [-0.2, -0.15) is 13.2 Å². The first-order chi connectivity index (χ1) is 18.6. The zero-order valence-electron chi connectivity index (χ0n) is 21.6. The molecule has 2 atom stereocenters. The predicted octanol–water partition coefficient (Wildman–Crippen LogP) is 5.15. The molecule has 4 aromatic rings. The van der Waals surface area contributed by atoms with E-state index in [2.05, 4.69) is 9.97 Å². The van der Waals surface area contributed by atoms with Crippen molar-refractivity contribution in [2.75, 3.05) is 20.8 Å². The Balaban J connectivity index is 1.60. The van der Waals surface area contributed by atoms with E-state index in [0.717, 1.165) is 17.2 Å². The maximum absolute atomic E-state index is 13.9. The molecule has 3 heterocycles. The smallest absolute Gasteiger partial charge is 0.433 e.